The number of halogens is 1. The standard InChI is InChI=1S/C13H13BrN4O3/c1-8-3-2-4-10(12(8)14)17-13(21)16-9-5-15-18(6-9)7-11(19)20/h2-6H,7H2,1H3,(H,19,20)(H2,16,17,21). The van der Waals surface area contributed by atoms with Crippen molar-refractivity contribution < 1.29 is 14.7 Å². The molecule has 0 saturated heterocycles. The maximum absolute atomic E-state index is 11.9. The van der Waals surface area contributed by atoms with E-state index in [4.69, 9.17) is 5.11 Å². The number of nitrogens with one attached hydrogen (secondary N) is 2. The van der Waals surface area contributed by atoms with Crippen LogP contribution >= 0.6 is 15.9 Å². The highest BCUT2D eigenvalue weighted by molar-refractivity contribution is 9.10. The van der Waals surface area contributed by atoms with E-state index in [2.05, 4.69) is 31.7 Å². The van der Waals surface area contributed by atoms with E-state index >= 15 is 0 Å². The summed E-state index contributed by atoms with van der Waals surface area (Å²) in [6.07, 6.45) is 2.83. The summed E-state index contributed by atoms with van der Waals surface area (Å²) in [6, 6.07) is 5.09. The first-order valence-electron chi connectivity index (χ1n) is 6.03. The number of hydrogen-bond acceptors (Lipinski definition) is 3. The highest BCUT2D eigenvalue weighted by atomic mass is 79.9. The summed E-state index contributed by atoms with van der Waals surface area (Å²) in [4.78, 5) is 22.4. The Morgan fingerprint density at radius 2 is 2.14 bits per heavy atom. The van der Waals surface area contributed by atoms with Crippen molar-refractivity contribution in [3.63, 3.8) is 0 Å². The average molecular weight is 353 g/mol. The first kappa shape index (κ1) is 15.0. The lowest BCUT2D eigenvalue weighted by atomic mass is 10.2. The molecule has 110 valence electrons. The number of aliphatic carboxylic acids is 1. The molecule has 1 heterocycles. The SMILES string of the molecule is Cc1cccc(NC(=O)Nc2cnn(CC(=O)O)c2)c1Br. The molecule has 0 aliphatic carbocycles. The number of benzene rings is 1. The van der Waals surface area contributed by atoms with Crippen LogP contribution in [0.25, 0.3) is 0 Å². The third-order valence-corrected chi connectivity index (χ3v) is 3.68. The fraction of sp³-hybridized carbons (Fsp3) is 0.154. The lowest BCUT2D eigenvalue weighted by molar-refractivity contribution is -0.137. The van der Waals surface area contributed by atoms with Crippen molar-refractivity contribution in [1.29, 1.82) is 0 Å². The topological polar surface area (TPSA) is 96.3 Å². The maximum Gasteiger partial charge on any atom is 0.325 e. The molecular weight excluding hydrogens is 340 g/mol. The normalized spacial score (nSPS) is 10.2. The summed E-state index contributed by atoms with van der Waals surface area (Å²) in [5.74, 6) is -1.00. The molecule has 0 fully saturated rings. The summed E-state index contributed by atoms with van der Waals surface area (Å²) >= 11 is 3.40. The molecule has 0 unspecified atom stereocenters. The Kier molecular flexibility index (Phi) is 4.59. The molecule has 7 nitrogen and oxygen atoms in total. The van der Waals surface area contributed by atoms with Gasteiger partial charge in [0.05, 0.1) is 17.6 Å². The van der Waals surface area contributed by atoms with Crippen LogP contribution in [-0.2, 0) is 11.3 Å². The van der Waals surface area contributed by atoms with Gasteiger partial charge in [-0.05, 0) is 34.5 Å². The molecule has 2 rings (SSSR count). The molecule has 0 aliphatic rings. The molecule has 1 aromatic heterocycles. The van der Waals surface area contributed by atoms with Crippen LogP contribution in [0, 0.1) is 6.92 Å². The van der Waals surface area contributed by atoms with Crippen LogP contribution < -0.4 is 10.6 Å². The minimum absolute atomic E-state index is 0.257. The first-order chi connectivity index (χ1) is 9.95. The summed E-state index contributed by atoms with van der Waals surface area (Å²) in [5.41, 5.74) is 2.06. The first-order valence-corrected chi connectivity index (χ1v) is 6.82. The summed E-state index contributed by atoms with van der Waals surface area (Å²) in [6.45, 7) is 1.66. The number of urea groups is 1. The van der Waals surface area contributed by atoms with Gasteiger partial charge in [-0.25, -0.2) is 4.79 Å². The largest absolute Gasteiger partial charge is 0.480 e. The predicted octanol–water partition coefficient (Wildman–Crippen LogP) is 2.68. The lowest BCUT2D eigenvalue weighted by Crippen LogP contribution is -2.19. The molecule has 1 aromatic carbocycles. The number of aryl methyl sites for hydroxylation is 1. The number of carboxylic acids is 1. The van der Waals surface area contributed by atoms with Gasteiger partial charge < -0.3 is 15.7 Å². The van der Waals surface area contributed by atoms with Crippen LogP contribution in [-0.4, -0.2) is 26.9 Å². The second kappa shape index (κ2) is 6.40. The highest BCUT2D eigenvalue weighted by Crippen LogP contribution is 2.25. The van der Waals surface area contributed by atoms with E-state index in [0.717, 1.165) is 10.0 Å². The van der Waals surface area contributed by atoms with E-state index in [1.54, 1.807) is 6.07 Å². The number of amides is 2. The summed E-state index contributed by atoms with van der Waals surface area (Å²) in [5, 5.41) is 17.8. The van der Waals surface area contributed by atoms with Crippen LogP contribution in [0.1, 0.15) is 5.56 Å². The number of rotatable bonds is 4. The molecule has 2 amide bonds. The second-order valence-corrected chi connectivity index (χ2v) is 5.13. The fourth-order valence-electron chi connectivity index (χ4n) is 1.68. The van der Waals surface area contributed by atoms with Gasteiger partial charge in [-0.1, -0.05) is 12.1 Å². The van der Waals surface area contributed by atoms with Gasteiger partial charge in [-0.2, -0.15) is 5.10 Å². The van der Waals surface area contributed by atoms with Crippen molar-refractivity contribution in [2.45, 2.75) is 13.5 Å². The Balaban J connectivity index is 2.00. The molecule has 21 heavy (non-hydrogen) atoms. The fourth-order valence-corrected chi connectivity index (χ4v) is 2.05. The molecule has 0 saturated carbocycles. The Bertz CT molecular complexity index is 684. The van der Waals surface area contributed by atoms with E-state index in [0.29, 0.717) is 11.4 Å². The quantitative estimate of drug-likeness (QED) is 0.787. The second-order valence-electron chi connectivity index (χ2n) is 4.34. The maximum atomic E-state index is 11.9. The molecule has 8 heteroatoms. The molecule has 0 aliphatic heterocycles. The molecule has 3 N–H and O–H groups in total. The average Bonchev–Trinajstić information content (AvgIpc) is 2.81. The number of anilines is 2. The number of hydrogen-bond donors (Lipinski definition) is 3. The van der Waals surface area contributed by atoms with Crippen molar-refractivity contribution in [1.82, 2.24) is 9.78 Å². The van der Waals surface area contributed by atoms with E-state index in [9.17, 15) is 9.59 Å². The Morgan fingerprint density at radius 3 is 2.86 bits per heavy atom. The van der Waals surface area contributed by atoms with Gasteiger partial charge in [-0.3, -0.25) is 9.48 Å². The van der Waals surface area contributed by atoms with Gasteiger partial charge >= 0.3 is 12.0 Å². The number of nitrogens with zero attached hydrogens (tertiary/aromatic N) is 2. The number of carbonyl (C=O) groups is 2. The number of carboxylic acid groups (broad SMARTS) is 1. The number of carbonyl (C=O) groups excluding carboxylic acids is 1. The van der Waals surface area contributed by atoms with Crippen LogP contribution in [0.3, 0.4) is 0 Å². The number of aromatic nitrogens is 2. The van der Waals surface area contributed by atoms with Crippen LogP contribution in [0.2, 0.25) is 0 Å². The molecule has 0 atom stereocenters. The Labute approximate surface area is 129 Å². The van der Waals surface area contributed by atoms with Crippen molar-refractivity contribution >= 4 is 39.3 Å². The van der Waals surface area contributed by atoms with Gasteiger partial charge in [0.1, 0.15) is 6.54 Å². The Morgan fingerprint density at radius 1 is 1.38 bits per heavy atom. The zero-order valence-corrected chi connectivity index (χ0v) is 12.7. The predicted molar refractivity (Wildman–Crippen MR) is 81.4 cm³/mol. The van der Waals surface area contributed by atoms with Crippen molar-refractivity contribution in [3.8, 4) is 0 Å². The summed E-state index contributed by atoms with van der Waals surface area (Å²) < 4.78 is 2.03. The van der Waals surface area contributed by atoms with E-state index in [1.807, 2.05) is 19.1 Å². The van der Waals surface area contributed by atoms with Crippen molar-refractivity contribution in [3.05, 3.63) is 40.6 Å². The lowest BCUT2D eigenvalue weighted by Gasteiger charge is -2.09. The Hall–Kier alpha value is -2.35. The third-order valence-electron chi connectivity index (χ3n) is 2.63. The monoisotopic (exact) mass is 352 g/mol. The third kappa shape index (κ3) is 4.06. The van der Waals surface area contributed by atoms with Crippen molar-refractivity contribution in [2.24, 2.45) is 0 Å². The van der Waals surface area contributed by atoms with Gasteiger partial charge in [-0.15, -0.1) is 0 Å². The van der Waals surface area contributed by atoms with Gasteiger partial charge in [0.25, 0.3) is 0 Å². The van der Waals surface area contributed by atoms with Gasteiger partial charge in [0, 0.05) is 10.7 Å². The smallest absolute Gasteiger partial charge is 0.325 e. The molecular formula is C13H13BrN4O3. The van der Waals surface area contributed by atoms with E-state index in [-0.39, 0.29) is 6.54 Å². The van der Waals surface area contributed by atoms with Crippen LogP contribution in [0.5, 0.6) is 0 Å². The van der Waals surface area contributed by atoms with E-state index in [1.165, 1.54) is 17.1 Å². The van der Waals surface area contributed by atoms with Crippen molar-refractivity contribution in [2.75, 3.05) is 10.6 Å². The van der Waals surface area contributed by atoms with Gasteiger partial charge in [0.2, 0.25) is 0 Å². The zero-order chi connectivity index (χ0) is 15.4. The summed E-state index contributed by atoms with van der Waals surface area (Å²) in [7, 11) is 0. The van der Waals surface area contributed by atoms with E-state index < -0.39 is 12.0 Å². The highest BCUT2D eigenvalue weighted by Gasteiger charge is 2.09. The minimum atomic E-state index is -1.00. The molecule has 0 bridgehead atoms. The van der Waals surface area contributed by atoms with Crippen LogP contribution in [0.4, 0.5) is 16.2 Å². The zero-order valence-electron chi connectivity index (χ0n) is 11.1. The molecule has 0 spiro atoms. The van der Waals surface area contributed by atoms with Gasteiger partial charge in [0.15, 0.2) is 0 Å². The van der Waals surface area contributed by atoms with Crippen LogP contribution in [0.15, 0.2) is 35.1 Å². The minimum Gasteiger partial charge on any atom is -0.480 e. The molecule has 2 aromatic rings. The molecule has 0 radical (unpaired) electrons.